The molecule has 0 aliphatic rings. The lowest BCUT2D eigenvalue weighted by atomic mass is 10.2. The van der Waals surface area contributed by atoms with Gasteiger partial charge in [-0.2, -0.15) is 5.10 Å². The number of anilines is 1. The monoisotopic (exact) mass is 345 g/mol. The van der Waals surface area contributed by atoms with E-state index in [0.717, 1.165) is 34.3 Å². The van der Waals surface area contributed by atoms with E-state index in [1.54, 1.807) is 6.33 Å². The SMILES string of the molecule is CCCNc1ncnc2c1cnn2Cc1ccc(Br)cc1. The Morgan fingerprint density at radius 1 is 1.19 bits per heavy atom. The third-order valence-corrected chi connectivity index (χ3v) is 3.75. The van der Waals surface area contributed by atoms with Crippen LogP contribution < -0.4 is 5.32 Å². The highest BCUT2D eigenvalue weighted by molar-refractivity contribution is 9.10. The Kier molecular flexibility index (Phi) is 4.15. The summed E-state index contributed by atoms with van der Waals surface area (Å²) < 4.78 is 2.97. The predicted octanol–water partition coefficient (Wildman–Crippen LogP) is 3.46. The molecule has 6 heteroatoms. The highest BCUT2D eigenvalue weighted by Gasteiger charge is 2.09. The van der Waals surface area contributed by atoms with E-state index in [1.807, 2.05) is 23.0 Å². The van der Waals surface area contributed by atoms with Gasteiger partial charge in [-0.3, -0.25) is 0 Å². The van der Waals surface area contributed by atoms with Crippen molar-refractivity contribution in [1.29, 1.82) is 0 Å². The Morgan fingerprint density at radius 3 is 2.76 bits per heavy atom. The largest absolute Gasteiger partial charge is 0.369 e. The fourth-order valence-electron chi connectivity index (χ4n) is 2.16. The zero-order valence-corrected chi connectivity index (χ0v) is 13.3. The normalized spacial score (nSPS) is 11.0. The van der Waals surface area contributed by atoms with Crippen molar-refractivity contribution in [1.82, 2.24) is 19.7 Å². The van der Waals surface area contributed by atoms with Crippen molar-refractivity contribution in [2.75, 3.05) is 11.9 Å². The van der Waals surface area contributed by atoms with Crippen LogP contribution in [0.15, 0.2) is 41.3 Å². The average molecular weight is 346 g/mol. The molecule has 5 nitrogen and oxygen atoms in total. The van der Waals surface area contributed by atoms with Crippen LogP contribution in [0, 0.1) is 0 Å². The molecule has 0 fully saturated rings. The van der Waals surface area contributed by atoms with Gasteiger partial charge in [0.15, 0.2) is 5.65 Å². The number of nitrogens with zero attached hydrogens (tertiary/aromatic N) is 4. The number of hydrogen-bond acceptors (Lipinski definition) is 4. The quantitative estimate of drug-likeness (QED) is 0.769. The summed E-state index contributed by atoms with van der Waals surface area (Å²) in [6.45, 7) is 3.72. The topological polar surface area (TPSA) is 55.6 Å². The second-order valence-electron chi connectivity index (χ2n) is 4.82. The van der Waals surface area contributed by atoms with Crippen molar-refractivity contribution in [3.05, 3.63) is 46.8 Å². The van der Waals surface area contributed by atoms with Crippen LogP contribution in [0.3, 0.4) is 0 Å². The van der Waals surface area contributed by atoms with Gasteiger partial charge < -0.3 is 5.32 Å². The average Bonchev–Trinajstić information content (AvgIpc) is 2.91. The molecule has 0 aliphatic carbocycles. The molecule has 3 rings (SSSR count). The molecule has 0 radical (unpaired) electrons. The van der Waals surface area contributed by atoms with Gasteiger partial charge >= 0.3 is 0 Å². The van der Waals surface area contributed by atoms with E-state index in [4.69, 9.17) is 0 Å². The summed E-state index contributed by atoms with van der Waals surface area (Å²) in [5, 5.41) is 8.72. The van der Waals surface area contributed by atoms with Crippen LogP contribution in [0.25, 0.3) is 11.0 Å². The summed E-state index contributed by atoms with van der Waals surface area (Å²) in [4.78, 5) is 8.66. The predicted molar refractivity (Wildman–Crippen MR) is 87.3 cm³/mol. The van der Waals surface area contributed by atoms with Gasteiger partial charge in [0.1, 0.15) is 12.1 Å². The van der Waals surface area contributed by atoms with Gasteiger partial charge in [-0.05, 0) is 24.1 Å². The zero-order valence-electron chi connectivity index (χ0n) is 11.8. The van der Waals surface area contributed by atoms with Crippen LogP contribution in [0.5, 0.6) is 0 Å². The van der Waals surface area contributed by atoms with Gasteiger partial charge in [0.25, 0.3) is 0 Å². The Morgan fingerprint density at radius 2 is 2.00 bits per heavy atom. The Bertz CT molecular complexity index is 735. The van der Waals surface area contributed by atoms with E-state index >= 15 is 0 Å². The zero-order chi connectivity index (χ0) is 14.7. The lowest BCUT2D eigenvalue weighted by Gasteiger charge is -2.06. The molecule has 0 atom stereocenters. The number of rotatable bonds is 5. The molecule has 0 saturated heterocycles. The van der Waals surface area contributed by atoms with Crippen LogP contribution in [-0.2, 0) is 6.54 Å². The summed E-state index contributed by atoms with van der Waals surface area (Å²) >= 11 is 3.45. The summed E-state index contributed by atoms with van der Waals surface area (Å²) in [6, 6.07) is 8.22. The van der Waals surface area contributed by atoms with Crippen molar-refractivity contribution in [3.8, 4) is 0 Å². The van der Waals surface area contributed by atoms with Gasteiger partial charge in [-0.25, -0.2) is 14.6 Å². The summed E-state index contributed by atoms with van der Waals surface area (Å²) in [6.07, 6.45) is 4.46. The first-order valence-electron chi connectivity index (χ1n) is 6.92. The van der Waals surface area contributed by atoms with E-state index < -0.39 is 0 Å². The van der Waals surface area contributed by atoms with Crippen LogP contribution in [0.1, 0.15) is 18.9 Å². The van der Waals surface area contributed by atoms with Crippen molar-refractivity contribution in [2.24, 2.45) is 0 Å². The second kappa shape index (κ2) is 6.22. The highest BCUT2D eigenvalue weighted by Crippen LogP contribution is 2.20. The number of nitrogens with one attached hydrogen (secondary N) is 1. The molecule has 2 heterocycles. The standard InChI is InChI=1S/C15H16BrN5/c1-2-7-17-14-13-8-20-21(15(13)19-10-18-14)9-11-3-5-12(16)6-4-11/h3-6,8,10H,2,7,9H2,1H3,(H,17,18,19). The molecule has 0 amide bonds. The van der Waals surface area contributed by atoms with Crippen LogP contribution in [0.4, 0.5) is 5.82 Å². The summed E-state index contributed by atoms with van der Waals surface area (Å²) in [5.74, 6) is 0.851. The van der Waals surface area contributed by atoms with Crippen LogP contribution >= 0.6 is 15.9 Å². The van der Waals surface area contributed by atoms with E-state index in [0.29, 0.717) is 6.54 Å². The van der Waals surface area contributed by atoms with Crippen LogP contribution in [0.2, 0.25) is 0 Å². The number of hydrogen-bond donors (Lipinski definition) is 1. The molecular formula is C15H16BrN5. The Hall–Kier alpha value is -1.95. The van der Waals surface area contributed by atoms with Crippen molar-refractivity contribution in [3.63, 3.8) is 0 Å². The van der Waals surface area contributed by atoms with E-state index in [9.17, 15) is 0 Å². The molecule has 3 aromatic rings. The van der Waals surface area contributed by atoms with Gasteiger partial charge in [0.2, 0.25) is 0 Å². The van der Waals surface area contributed by atoms with Gasteiger partial charge in [-0.1, -0.05) is 35.0 Å². The first-order valence-corrected chi connectivity index (χ1v) is 7.72. The molecule has 21 heavy (non-hydrogen) atoms. The fraction of sp³-hybridized carbons (Fsp3) is 0.267. The molecule has 1 N–H and O–H groups in total. The third kappa shape index (κ3) is 3.05. The highest BCUT2D eigenvalue weighted by atomic mass is 79.9. The maximum absolute atomic E-state index is 4.44. The smallest absolute Gasteiger partial charge is 0.163 e. The molecular weight excluding hydrogens is 330 g/mol. The molecule has 0 saturated carbocycles. The van der Waals surface area contributed by atoms with Crippen LogP contribution in [-0.4, -0.2) is 26.3 Å². The molecule has 0 bridgehead atoms. The van der Waals surface area contributed by atoms with E-state index in [1.165, 1.54) is 5.56 Å². The first kappa shape index (κ1) is 14.0. The van der Waals surface area contributed by atoms with Gasteiger partial charge in [0.05, 0.1) is 18.1 Å². The van der Waals surface area contributed by atoms with Crippen molar-refractivity contribution < 1.29 is 0 Å². The molecule has 0 spiro atoms. The molecule has 0 aliphatic heterocycles. The Balaban J connectivity index is 1.91. The van der Waals surface area contributed by atoms with E-state index in [-0.39, 0.29) is 0 Å². The van der Waals surface area contributed by atoms with Crippen molar-refractivity contribution >= 4 is 32.8 Å². The van der Waals surface area contributed by atoms with Crippen molar-refractivity contribution in [2.45, 2.75) is 19.9 Å². The fourth-order valence-corrected chi connectivity index (χ4v) is 2.42. The maximum Gasteiger partial charge on any atom is 0.163 e. The molecule has 108 valence electrons. The summed E-state index contributed by atoms with van der Waals surface area (Å²) in [5.41, 5.74) is 2.04. The molecule has 0 unspecified atom stereocenters. The lowest BCUT2D eigenvalue weighted by Crippen LogP contribution is -2.05. The maximum atomic E-state index is 4.44. The lowest BCUT2D eigenvalue weighted by molar-refractivity contribution is 0.703. The third-order valence-electron chi connectivity index (χ3n) is 3.22. The number of fused-ring (bicyclic) bond motifs is 1. The molecule has 1 aromatic carbocycles. The minimum atomic E-state index is 0.695. The summed E-state index contributed by atoms with van der Waals surface area (Å²) in [7, 11) is 0. The molecule has 2 aromatic heterocycles. The number of benzene rings is 1. The Labute approximate surface area is 131 Å². The number of aromatic nitrogens is 4. The minimum Gasteiger partial charge on any atom is -0.369 e. The second-order valence-corrected chi connectivity index (χ2v) is 5.73. The minimum absolute atomic E-state index is 0.695. The van der Waals surface area contributed by atoms with E-state index in [2.05, 4.69) is 55.4 Å². The van der Waals surface area contributed by atoms with Gasteiger partial charge in [0, 0.05) is 11.0 Å². The van der Waals surface area contributed by atoms with Gasteiger partial charge in [-0.15, -0.1) is 0 Å². The first-order chi connectivity index (χ1) is 10.3. The number of halogens is 1.